The van der Waals surface area contributed by atoms with Crippen molar-refractivity contribution in [2.24, 2.45) is 0 Å². The van der Waals surface area contributed by atoms with Crippen LogP contribution in [0.3, 0.4) is 0 Å². The molecular weight excluding hydrogens is 380 g/mol. The first-order valence-electron chi connectivity index (χ1n) is 8.42. The van der Waals surface area contributed by atoms with Crippen molar-refractivity contribution in [1.29, 1.82) is 0 Å². The molecule has 2 aromatic rings. The zero-order chi connectivity index (χ0) is 20.2. The van der Waals surface area contributed by atoms with Gasteiger partial charge in [-0.25, -0.2) is 13.8 Å². The number of thiophene rings is 1. The third kappa shape index (κ3) is 5.25. The van der Waals surface area contributed by atoms with Crippen molar-refractivity contribution in [3.05, 3.63) is 52.0 Å². The van der Waals surface area contributed by atoms with E-state index in [9.17, 15) is 9.00 Å². The third-order valence-electron chi connectivity index (χ3n) is 4.05. The second-order valence-electron chi connectivity index (χ2n) is 7.43. The number of hydrogen-bond donors (Lipinski definition) is 1. The summed E-state index contributed by atoms with van der Waals surface area (Å²) in [6.07, 6.45) is 0.0629. The molecule has 0 aliphatic heterocycles. The van der Waals surface area contributed by atoms with Crippen LogP contribution < -0.4 is 4.72 Å². The van der Waals surface area contributed by atoms with E-state index < -0.39 is 21.3 Å². The highest BCUT2D eigenvalue weighted by molar-refractivity contribution is 7.84. The summed E-state index contributed by atoms with van der Waals surface area (Å²) in [6.45, 7) is 14.7. The topological polar surface area (TPSA) is 59.8 Å². The molecule has 2 atom stereocenters. The van der Waals surface area contributed by atoms with Crippen molar-refractivity contribution in [3.8, 4) is 11.1 Å². The Kier molecular flexibility index (Phi) is 6.58. The summed E-state index contributed by atoms with van der Waals surface area (Å²) >= 11 is 1.49. The molecule has 2 rings (SSSR count). The number of benzene rings is 1. The minimum Gasteiger partial charge on any atom is -0.469 e. The average molecular weight is 405 g/mol. The van der Waals surface area contributed by atoms with Gasteiger partial charge in [0.15, 0.2) is 5.69 Å². The summed E-state index contributed by atoms with van der Waals surface area (Å²) < 4.78 is 20.2. The molecule has 0 fully saturated rings. The third-order valence-corrected chi connectivity index (χ3v) is 6.99. The van der Waals surface area contributed by atoms with Gasteiger partial charge in [0.25, 0.3) is 0 Å². The van der Waals surface area contributed by atoms with Gasteiger partial charge in [0.05, 0.1) is 41.4 Å². The smallest absolute Gasteiger partial charge is 0.307 e. The molecule has 1 aromatic carbocycles. The van der Waals surface area contributed by atoms with E-state index in [1.807, 2.05) is 57.3 Å². The highest BCUT2D eigenvalue weighted by Gasteiger charge is 2.36. The van der Waals surface area contributed by atoms with Crippen molar-refractivity contribution >= 4 is 34.0 Å². The number of methoxy groups -OCH3 is 1. The number of nitrogens with zero attached hydrogens (tertiary/aromatic N) is 1. The molecule has 7 heteroatoms. The number of hydrogen-bond acceptors (Lipinski definition) is 4. The Morgan fingerprint density at radius 2 is 1.96 bits per heavy atom. The van der Waals surface area contributed by atoms with Crippen LogP contribution in [0.1, 0.15) is 39.0 Å². The lowest BCUT2D eigenvalue weighted by Gasteiger charge is -2.31. The van der Waals surface area contributed by atoms with E-state index in [0.717, 1.165) is 16.0 Å². The Balaban J connectivity index is 2.41. The minimum absolute atomic E-state index is 0.0629. The van der Waals surface area contributed by atoms with Crippen LogP contribution in [0.25, 0.3) is 16.0 Å². The Hall–Kier alpha value is -2.01. The van der Waals surface area contributed by atoms with Gasteiger partial charge in [-0.1, -0.05) is 18.2 Å². The number of esters is 1. The van der Waals surface area contributed by atoms with E-state index in [0.29, 0.717) is 5.69 Å². The molecular formula is C20H24N2O3S2. The maximum Gasteiger partial charge on any atom is 0.307 e. The van der Waals surface area contributed by atoms with Gasteiger partial charge in [-0.05, 0) is 56.3 Å². The number of carbonyl (C=O) groups excluding carboxylic acids is 1. The average Bonchev–Trinajstić information content (AvgIpc) is 3.11. The SMILES string of the molecule is [C-]#[N+]c1cccc(-c2csc([C@](C)(CC(=O)OC)NS(=O)C(C)(C)C)c2)c1. The van der Waals surface area contributed by atoms with Crippen LogP contribution in [0.15, 0.2) is 35.7 Å². The lowest BCUT2D eigenvalue weighted by atomic mass is 9.96. The van der Waals surface area contributed by atoms with Crippen LogP contribution >= 0.6 is 11.3 Å². The molecule has 1 N–H and O–H groups in total. The van der Waals surface area contributed by atoms with Crippen molar-refractivity contribution in [2.75, 3.05) is 7.11 Å². The Bertz CT molecular complexity index is 893. The van der Waals surface area contributed by atoms with Gasteiger partial charge in [-0.3, -0.25) is 4.79 Å². The van der Waals surface area contributed by atoms with Crippen LogP contribution in [-0.2, 0) is 26.1 Å². The van der Waals surface area contributed by atoms with E-state index in [1.54, 1.807) is 6.07 Å². The number of carbonyl (C=O) groups is 1. The molecule has 1 aromatic heterocycles. The lowest BCUT2D eigenvalue weighted by molar-refractivity contribution is -0.142. The van der Waals surface area contributed by atoms with Crippen molar-refractivity contribution < 1.29 is 13.7 Å². The Morgan fingerprint density at radius 1 is 1.26 bits per heavy atom. The second-order valence-corrected chi connectivity index (χ2v) is 10.3. The van der Waals surface area contributed by atoms with Crippen LogP contribution in [0.2, 0.25) is 0 Å². The molecule has 144 valence electrons. The van der Waals surface area contributed by atoms with Crippen LogP contribution in [0.5, 0.6) is 0 Å². The van der Waals surface area contributed by atoms with Gasteiger partial charge >= 0.3 is 5.97 Å². The zero-order valence-electron chi connectivity index (χ0n) is 16.2. The summed E-state index contributed by atoms with van der Waals surface area (Å²) in [5, 5.41) is 1.98. The largest absolute Gasteiger partial charge is 0.469 e. The van der Waals surface area contributed by atoms with E-state index in [4.69, 9.17) is 11.3 Å². The van der Waals surface area contributed by atoms with Gasteiger partial charge in [-0.2, -0.15) is 0 Å². The summed E-state index contributed by atoms with van der Waals surface area (Å²) in [6, 6.07) is 9.36. The molecule has 1 heterocycles. The predicted molar refractivity (Wildman–Crippen MR) is 111 cm³/mol. The molecule has 0 spiro atoms. The summed E-state index contributed by atoms with van der Waals surface area (Å²) in [5.74, 6) is -0.374. The molecule has 27 heavy (non-hydrogen) atoms. The minimum atomic E-state index is -1.36. The van der Waals surface area contributed by atoms with Crippen molar-refractivity contribution in [3.63, 3.8) is 0 Å². The molecule has 0 amide bonds. The molecule has 0 bridgehead atoms. The fourth-order valence-electron chi connectivity index (χ4n) is 2.42. The number of ether oxygens (including phenoxy) is 1. The van der Waals surface area contributed by atoms with E-state index >= 15 is 0 Å². The van der Waals surface area contributed by atoms with Crippen LogP contribution in [0, 0.1) is 6.57 Å². The number of rotatable bonds is 6. The first-order valence-corrected chi connectivity index (χ1v) is 10.5. The Morgan fingerprint density at radius 3 is 2.56 bits per heavy atom. The molecule has 0 aliphatic carbocycles. The fraction of sp³-hybridized carbons (Fsp3) is 0.400. The van der Waals surface area contributed by atoms with Crippen LogP contribution in [0.4, 0.5) is 5.69 Å². The highest BCUT2D eigenvalue weighted by atomic mass is 32.2. The molecule has 5 nitrogen and oxygen atoms in total. The first-order chi connectivity index (χ1) is 12.6. The Labute approximate surface area is 167 Å². The van der Waals surface area contributed by atoms with Gasteiger partial charge in [0.1, 0.15) is 0 Å². The maximum atomic E-state index is 12.7. The zero-order valence-corrected chi connectivity index (χ0v) is 17.8. The quantitative estimate of drug-likeness (QED) is 0.556. The van der Waals surface area contributed by atoms with E-state index in [1.165, 1.54) is 18.4 Å². The molecule has 0 saturated heterocycles. The predicted octanol–water partition coefficient (Wildman–Crippen LogP) is 4.80. The van der Waals surface area contributed by atoms with Gasteiger partial charge in [0, 0.05) is 4.88 Å². The molecule has 1 unspecified atom stereocenters. The number of nitrogens with one attached hydrogen (secondary N) is 1. The van der Waals surface area contributed by atoms with E-state index in [-0.39, 0.29) is 12.4 Å². The van der Waals surface area contributed by atoms with Crippen molar-refractivity contribution in [2.45, 2.75) is 44.4 Å². The lowest BCUT2D eigenvalue weighted by Crippen LogP contribution is -2.47. The van der Waals surface area contributed by atoms with Gasteiger partial charge < -0.3 is 4.74 Å². The van der Waals surface area contributed by atoms with Gasteiger partial charge in [-0.15, -0.1) is 11.3 Å². The first kappa shape index (κ1) is 21.3. The second kappa shape index (κ2) is 8.34. The molecule has 0 saturated carbocycles. The van der Waals surface area contributed by atoms with Crippen LogP contribution in [-0.4, -0.2) is 22.0 Å². The van der Waals surface area contributed by atoms with Gasteiger partial charge in [0.2, 0.25) is 0 Å². The molecule has 0 radical (unpaired) electrons. The monoisotopic (exact) mass is 404 g/mol. The highest BCUT2D eigenvalue weighted by Crippen LogP contribution is 2.36. The fourth-order valence-corrected chi connectivity index (χ4v) is 4.42. The standard InChI is InChI=1S/C20H24N2O3S2/c1-19(2,3)27(24)22-20(4,12-18(23)25-6)17-11-15(13-26-17)14-8-7-9-16(10-14)21-5/h7-11,13,22H,12H2,1-4,6H3/t20-,27?/m0/s1. The van der Waals surface area contributed by atoms with E-state index in [2.05, 4.69) is 9.57 Å². The summed E-state index contributed by atoms with van der Waals surface area (Å²) in [5.41, 5.74) is 1.64. The maximum absolute atomic E-state index is 12.7. The normalized spacial score (nSPS) is 14.8. The molecule has 0 aliphatic rings. The summed E-state index contributed by atoms with van der Waals surface area (Å²) in [7, 11) is -0.0105. The summed E-state index contributed by atoms with van der Waals surface area (Å²) in [4.78, 5) is 16.4. The van der Waals surface area contributed by atoms with Crippen molar-refractivity contribution in [1.82, 2.24) is 4.72 Å².